The zero-order chi connectivity index (χ0) is 18.4. The monoisotopic (exact) mass is 345 g/mol. The first-order valence-electron chi connectivity index (χ1n) is 7.84. The van der Waals surface area contributed by atoms with Crippen molar-refractivity contribution in [1.29, 1.82) is 0 Å². The largest absolute Gasteiger partial charge is 0.493 e. The first-order valence-corrected chi connectivity index (χ1v) is 7.84. The van der Waals surface area contributed by atoms with Crippen molar-refractivity contribution in [1.82, 2.24) is 5.32 Å². The molecule has 0 aliphatic rings. The molecular weight excluding hydrogens is 325 g/mol. The minimum atomic E-state index is -0.933. The highest BCUT2D eigenvalue weighted by molar-refractivity contribution is 5.97. The Hall–Kier alpha value is -2.89. The molecule has 132 valence electrons. The molecule has 5 nitrogen and oxygen atoms in total. The summed E-state index contributed by atoms with van der Waals surface area (Å²) < 4.78 is 24.2. The van der Waals surface area contributed by atoms with Gasteiger partial charge in [-0.2, -0.15) is 0 Å². The van der Waals surface area contributed by atoms with Crippen molar-refractivity contribution in [2.75, 3.05) is 7.11 Å². The second kappa shape index (κ2) is 8.28. The summed E-state index contributed by atoms with van der Waals surface area (Å²) in [6.07, 6.45) is 0. The van der Waals surface area contributed by atoms with E-state index in [4.69, 9.17) is 9.47 Å². The summed E-state index contributed by atoms with van der Waals surface area (Å²) >= 11 is 0. The Morgan fingerprint density at radius 3 is 2.20 bits per heavy atom. The average Bonchev–Trinajstić information content (AvgIpc) is 2.60. The van der Waals surface area contributed by atoms with Crippen molar-refractivity contribution in [2.24, 2.45) is 5.92 Å². The fourth-order valence-electron chi connectivity index (χ4n) is 2.24. The molecule has 0 aromatic heterocycles. The standard InChI is InChI=1S/C19H20FNO4/c1-12(2)17(21-18(22)13-8-4-5-9-14(13)20)19(23)25-16-11-7-6-10-15(16)24-3/h4-12,17H,1-3H3,(H,21,22)/t17-/m0/s1. The van der Waals surface area contributed by atoms with Crippen LogP contribution < -0.4 is 14.8 Å². The molecular formula is C19H20FNO4. The van der Waals surface area contributed by atoms with Crippen LogP contribution in [-0.4, -0.2) is 25.0 Å². The van der Waals surface area contributed by atoms with E-state index >= 15 is 0 Å². The SMILES string of the molecule is COc1ccccc1OC(=O)[C@@H](NC(=O)c1ccccc1F)C(C)C. The van der Waals surface area contributed by atoms with E-state index in [0.29, 0.717) is 5.75 Å². The summed E-state index contributed by atoms with van der Waals surface area (Å²) in [6.45, 7) is 3.52. The van der Waals surface area contributed by atoms with E-state index in [1.807, 2.05) is 0 Å². The third kappa shape index (κ3) is 4.56. The topological polar surface area (TPSA) is 64.6 Å². The number of esters is 1. The maximum absolute atomic E-state index is 13.7. The molecule has 0 unspecified atom stereocenters. The molecule has 2 aromatic carbocycles. The molecule has 0 saturated heterocycles. The molecule has 1 atom stereocenters. The van der Waals surface area contributed by atoms with Crippen LogP contribution in [0.4, 0.5) is 4.39 Å². The quantitative estimate of drug-likeness (QED) is 0.645. The predicted octanol–water partition coefficient (Wildman–Crippen LogP) is 3.19. The van der Waals surface area contributed by atoms with E-state index in [1.165, 1.54) is 25.3 Å². The summed E-state index contributed by atoms with van der Waals surface area (Å²) in [7, 11) is 1.46. The van der Waals surface area contributed by atoms with Gasteiger partial charge in [0.05, 0.1) is 12.7 Å². The van der Waals surface area contributed by atoms with Crippen molar-refractivity contribution in [3.8, 4) is 11.5 Å². The number of methoxy groups -OCH3 is 1. The van der Waals surface area contributed by atoms with Crippen LogP contribution in [0.5, 0.6) is 11.5 Å². The molecule has 0 saturated carbocycles. The Kier molecular flexibility index (Phi) is 6.11. The number of nitrogens with one attached hydrogen (secondary N) is 1. The number of rotatable bonds is 6. The lowest BCUT2D eigenvalue weighted by molar-refractivity contribution is -0.137. The second-order valence-corrected chi connectivity index (χ2v) is 5.75. The summed E-state index contributed by atoms with van der Waals surface area (Å²) in [6, 6.07) is 11.3. The highest BCUT2D eigenvalue weighted by Gasteiger charge is 2.28. The van der Waals surface area contributed by atoms with Gasteiger partial charge < -0.3 is 14.8 Å². The van der Waals surface area contributed by atoms with Crippen molar-refractivity contribution in [2.45, 2.75) is 19.9 Å². The Labute approximate surface area is 145 Å². The van der Waals surface area contributed by atoms with E-state index in [1.54, 1.807) is 44.2 Å². The van der Waals surface area contributed by atoms with Crippen LogP contribution in [0, 0.1) is 11.7 Å². The predicted molar refractivity (Wildman–Crippen MR) is 91.1 cm³/mol. The summed E-state index contributed by atoms with van der Waals surface area (Å²) in [4.78, 5) is 24.8. The lowest BCUT2D eigenvalue weighted by atomic mass is 10.0. The molecule has 0 aliphatic carbocycles. The number of hydrogen-bond donors (Lipinski definition) is 1. The van der Waals surface area contributed by atoms with E-state index in [9.17, 15) is 14.0 Å². The van der Waals surface area contributed by atoms with Crippen LogP contribution in [0.3, 0.4) is 0 Å². The maximum atomic E-state index is 13.7. The van der Waals surface area contributed by atoms with Crippen molar-refractivity contribution < 1.29 is 23.5 Å². The molecule has 0 spiro atoms. The number of halogens is 1. The van der Waals surface area contributed by atoms with Gasteiger partial charge in [0.15, 0.2) is 11.5 Å². The molecule has 0 bridgehead atoms. The number of hydrogen-bond acceptors (Lipinski definition) is 4. The molecule has 0 radical (unpaired) electrons. The Bertz CT molecular complexity index is 761. The van der Waals surface area contributed by atoms with E-state index in [0.717, 1.165) is 0 Å². The number of amides is 1. The first kappa shape index (κ1) is 18.4. The summed E-state index contributed by atoms with van der Waals surface area (Å²) in [5.74, 6) is -1.57. The molecule has 2 rings (SSSR count). The molecule has 2 aromatic rings. The van der Waals surface area contributed by atoms with Gasteiger partial charge in [-0.25, -0.2) is 9.18 Å². The van der Waals surface area contributed by atoms with Crippen molar-refractivity contribution >= 4 is 11.9 Å². The van der Waals surface area contributed by atoms with Crippen LogP contribution in [0.1, 0.15) is 24.2 Å². The second-order valence-electron chi connectivity index (χ2n) is 5.75. The summed E-state index contributed by atoms with van der Waals surface area (Å²) in [5, 5.41) is 2.54. The fraction of sp³-hybridized carbons (Fsp3) is 0.263. The normalized spacial score (nSPS) is 11.7. The molecule has 1 N–H and O–H groups in total. The zero-order valence-corrected chi connectivity index (χ0v) is 14.3. The van der Waals surface area contributed by atoms with Crippen LogP contribution in [0.25, 0.3) is 0 Å². The zero-order valence-electron chi connectivity index (χ0n) is 14.3. The number of carbonyl (C=O) groups is 2. The Morgan fingerprint density at radius 2 is 1.60 bits per heavy atom. The molecule has 0 heterocycles. The van der Waals surface area contributed by atoms with Gasteiger partial charge in [-0.1, -0.05) is 38.1 Å². The van der Waals surface area contributed by atoms with Crippen LogP contribution >= 0.6 is 0 Å². The Balaban J connectivity index is 2.16. The van der Waals surface area contributed by atoms with E-state index in [2.05, 4.69) is 5.32 Å². The summed E-state index contributed by atoms with van der Waals surface area (Å²) in [5.41, 5.74) is -0.127. The van der Waals surface area contributed by atoms with Gasteiger partial charge in [0, 0.05) is 0 Å². The molecule has 0 aliphatic heterocycles. The molecule has 1 amide bonds. The van der Waals surface area contributed by atoms with E-state index < -0.39 is 23.7 Å². The fourth-order valence-corrected chi connectivity index (χ4v) is 2.24. The highest BCUT2D eigenvalue weighted by atomic mass is 19.1. The van der Waals surface area contributed by atoms with Gasteiger partial charge in [-0.3, -0.25) is 4.79 Å². The number of benzene rings is 2. The van der Waals surface area contributed by atoms with Gasteiger partial charge in [0.25, 0.3) is 5.91 Å². The Morgan fingerprint density at radius 1 is 1.00 bits per heavy atom. The van der Waals surface area contributed by atoms with Gasteiger partial charge in [-0.05, 0) is 30.2 Å². The van der Waals surface area contributed by atoms with Crippen molar-refractivity contribution in [3.63, 3.8) is 0 Å². The maximum Gasteiger partial charge on any atom is 0.334 e. The van der Waals surface area contributed by atoms with Crippen LogP contribution in [0.15, 0.2) is 48.5 Å². The lowest BCUT2D eigenvalue weighted by Gasteiger charge is -2.21. The first-order chi connectivity index (χ1) is 11.9. The minimum absolute atomic E-state index is 0.127. The van der Waals surface area contributed by atoms with E-state index in [-0.39, 0.29) is 17.2 Å². The van der Waals surface area contributed by atoms with Crippen molar-refractivity contribution in [3.05, 3.63) is 59.9 Å². The molecule has 0 fully saturated rings. The third-order valence-corrected chi connectivity index (χ3v) is 3.61. The lowest BCUT2D eigenvalue weighted by Crippen LogP contribution is -2.46. The van der Waals surface area contributed by atoms with Gasteiger partial charge in [0.2, 0.25) is 0 Å². The molecule has 6 heteroatoms. The minimum Gasteiger partial charge on any atom is -0.493 e. The smallest absolute Gasteiger partial charge is 0.334 e. The van der Waals surface area contributed by atoms with Gasteiger partial charge in [-0.15, -0.1) is 0 Å². The number of carbonyl (C=O) groups excluding carboxylic acids is 2. The third-order valence-electron chi connectivity index (χ3n) is 3.61. The highest BCUT2D eigenvalue weighted by Crippen LogP contribution is 2.26. The average molecular weight is 345 g/mol. The van der Waals surface area contributed by atoms with Crippen LogP contribution in [-0.2, 0) is 4.79 Å². The van der Waals surface area contributed by atoms with Gasteiger partial charge in [0.1, 0.15) is 11.9 Å². The number of para-hydroxylation sites is 2. The molecule has 25 heavy (non-hydrogen) atoms. The van der Waals surface area contributed by atoms with Crippen LogP contribution in [0.2, 0.25) is 0 Å². The number of ether oxygens (including phenoxy) is 2. The van der Waals surface area contributed by atoms with Gasteiger partial charge >= 0.3 is 5.97 Å².